The zero-order valence-electron chi connectivity index (χ0n) is 11.8. The molecule has 1 aliphatic carbocycles. The Bertz CT molecular complexity index is 406. The minimum atomic E-state index is 0.778. The molecule has 1 aromatic carbocycles. The Morgan fingerprint density at radius 3 is 2.84 bits per heavy atom. The van der Waals surface area contributed by atoms with Crippen molar-refractivity contribution < 1.29 is 0 Å². The number of thioether (sulfide) groups is 1. The van der Waals surface area contributed by atoms with Crippen molar-refractivity contribution in [1.29, 1.82) is 0 Å². The van der Waals surface area contributed by atoms with E-state index in [1.807, 2.05) is 0 Å². The highest BCUT2D eigenvalue weighted by Gasteiger charge is 2.32. The number of hydrogen-bond donors (Lipinski definition) is 1. The number of benzene rings is 1. The summed E-state index contributed by atoms with van der Waals surface area (Å²) in [6.45, 7) is 3.30. The van der Waals surface area contributed by atoms with Gasteiger partial charge in [-0.15, -0.1) is 11.8 Å². The second-order valence-electron chi connectivity index (χ2n) is 6.46. The van der Waals surface area contributed by atoms with Crippen molar-refractivity contribution in [1.82, 2.24) is 0 Å². The normalized spacial score (nSPS) is 34.2. The average Bonchev–Trinajstić information content (AvgIpc) is 2.81. The van der Waals surface area contributed by atoms with Gasteiger partial charge in [0.2, 0.25) is 0 Å². The average molecular weight is 275 g/mol. The Balaban J connectivity index is 1.63. The van der Waals surface area contributed by atoms with Gasteiger partial charge in [0.25, 0.3) is 0 Å². The summed E-state index contributed by atoms with van der Waals surface area (Å²) < 4.78 is 0. The van der Waals surface area contributed by atoms with Gasteiger partial charge in [0.1, 0.15) is 0 Å². The van der Waals surface area contributed by atoms with Gasteiger partial charge < -0.3 is 5.73 Å². The molecule has 2 N–H and O–H groups in total. The predicted octanol–water partition coefficient (Wildman–Crippen LogP) is 4.10. The van der Waals surface area contributed by atoms with Gasteiger partial charge in [0, 0.05) is 10.1 Å². The Labute approximate surface area is 121 Å². The molecule has 0 spiro atoms. The van der Waals surface area contributed by atoms with Crippen LogP contribution in [0.5, 0.6) is 0 Å². The lowest BCUT2D eigenvalue weighted by Crippen LogP contribution is -2.31. The van der Waals surface area contributed by atoms with E-state index < -0.39 is 0 Å². The molecule has 0 aromatic heterocycles. The van der Waals surface area contributed by atoms with Crippen molar-refractivity contribution in [2.24, 2.45) is 23.5 Å². The van der Waals surface area contributed by atoms with E-state index in [2.05, 4.69) is 43.0 Å². The van der Waals surface area contributed by atoms with E-state index in [4.69, 9.17) is 5.73 Å². The molecule has 0 saturated heterocycles. The summed E-state index contributed by atoms with van der Waals surface area (Å²) in [6, 6.07) is 8.92. The predicted molar refractivity (Wildman–Crippen MR) is 83.5 cm³/mol. The molecular formula is C17H25NS. The molecule has 1 heterocycles. The van der Waals surface area contributed by atoms with Crippen molar-refractivity contribution in [2.45, 2.75) is 49.2 Å². The molecule has 0 amide bonds. The molecule has 0 bridgehead atoms. The first kappa shape index (κ1) is 13.5. The molecule has 19 heavy (non-hydrogen) atoms. The summed E-state index contributed by atoms with van der Waals surface area (Å²) in [5, 5.41) is 0.793. The fraction of sp³-hybridized carbons (Fsp3) is 0.647. The van der Waals surface area contributed by atoms with Gasteiger partial charge in [-0.1, -0.05) is 31.5 Å². The van der Waals surface area contributed by atoms with Crippen molar-refractivity contribution in [3.8, 4) is 0 Å². The monoisotopic (exact) mass is 275 g/mol. The lowest BCUT2D eigenvalue weighted by atomic mass is 9.72. The number of rotatable bonds is 3. The number of hydrogen-bond acceptors (Lipinski definition) is 2. The van der Waals surface area contributed by atoms with E-state index in [9.17, 15) is 0 Å². The highest BCUT2D eigenvalue weighted by atomic mass is 32.2. The Hall–Kier alpha value is -0.470. The summed E-state index contributed by atoms with van der Waals surface area (Å²) in [6.07, 6.45) is 6.77. The lowest BCUT2D eigenvalue weighted by molar-refractivity contribution is 0.183. The van der Waals surface area contributed by atoms with Gasteiger partial charge >= 0.3 is 0 Å². The minimum Gasteiger partial charge on any atom is -0.330 e. The summed E-state index contributed by atoms with van der Waals surface area (Å²) in [4.78, 5) is 1.51. The molecule has 1 aliphatic heterocycles. The largest absolute Gasteiger partial charge is 0.330 e. The highest BCUT2D eigenvalue weighted by molar-refractivity contribution is 8.00. The first-order chi connectivity index (χ1) is 9.26. The van der Waals surface area contributed by atoms with Crippen LogP contribution < -0.4 is 5.73 Å². The zero-order chi connectivity index (χ0) is 13.2. The molecule has 0 radical (unpaired) electrons. The maximum Gasteiger partial charge on any atom is 0.0138 e. The van der Waals surface area contributed by atoms with Crippen LogP contribution in [0.3, 0.4) is 0 Å². The minimum absolute atomic E-state index is 0.778. The molecule has 3 rings (SSSR count). The van der Waals surface area contributed by atoms with Crippen LogP contribution in [0.1, 0.15) is 38.2 Å². The molecule has 4 unspecified atom stereocenters. The molecule has 1 saturated carbocycles. The fourth-order valence-corrected chi connectivity index (χ4v) is 5.31. The van der Waals surface area contributed by atoms with Crippen molar-refractivity contribution in [2.75, 3.05) is 6.54 Å². The molecule has 1 fully saturated rings. The van der Waals surface area contributed by atoms with Crippen molar-refractivity contribution >= 4 is 11.8 Å². The summed E-state index contributed by atoms with van der Waals surface area (Å²) >= 11 is 2.10. The van der Waals surface area contributed by atoms with Gasteiger partial charge in [-0.3, -0.25) is 0 Å². The Morgan fingerprint density at radius 1 is 1.21 bits per heavy atom. The molecule has 104 valence electrons. The summed E-state index contributed by atoms with van der Waals surface area (Å²) in [5.74, 6) is 2.54. The van der Waals surface area contributed by atoms with Crippen LogP contribution in [0.4, 0.5) is 0 Å². The van der Waals surface area contributed by atoms with E-state index >= 15 is 0 Å². The van der Waals surface area contributed by atoms with Crippen LogP contribution in [0.15, 0.2) is 29.2 Å². The zero-order valence-corrected chi connectivity index (χ0v) is 12.7. The quantitative estimate of drug-likeness (QED) is 0.898. The van der Waals surface area contributed by atoms with Crippen LogP contribution >= 0.6 is 11.8 Å². The molecule has 1 aromatic rings. The van der Waals surface area contributed by atoms with Crippen LogP contribution in [0.25, 0.3) is 0 Å². The molecular weight excluding hydrogens is 250 g/mol. The van der Waals surface area contributed by atoms with Crippen LogP contribution in [0, 0.1) is 17.8 Å². The van der Waals surface area contributed by atoms with E-state index in [0.29, 0.717) is 0 Å². The molecule has 4 atom stereocenters. The van der Waals surface area contributed by atoms with Crippen LogP contribution in [0.2, 0.25) is 0 Å². The third kappa shape index (κ3) is 3.00. The van der Waals surface area contributed by atoms with Gasteiger partial charge in [-0.25, -0.2) is 0 Å². The van der Waals surface area contributed by atoms with E-state index in [0.717, 1.165) is 29.5 Å². The van der Waals surface area contributed by atoms with Crippen LogP contribution in [-0.4, -0.2) is 11.8 Å². The third-order valence-electron chi connectivity index (χ3n) is 4.98. The van der Waals surface area contributed by atoms with Crippen molar-refractivity contribution in [3.05, 3.63) is 29.8 Å². The van der Waals surface area contributed by atoms with Gasteiger partial charge in [0.15, 0.2) is 0 Å². The Morgan fingerprint density at radius 2 is 2.05 bits per heavy atom. The maximum absolute atomic E-state index is 5.99. The number of fused-ring (bicyclic) bond motifs is 1. The maximum atomic E-state index is 5.99. The number of nitrogens with two attached hydrogens (primary N) is 1. The van der Waals surface area contributed by atoms with Crippen molar-refractivity contribution in [3.63, 3.8) is 0 Å². The third-order valence-corrected chi connectivity index (χ3v) is 6.33. The fourth-order valence-electron chi connectivity index (χ4n) is 3.88. The van der Waals surface area contributed by atoms with E-state index in [1.54, 1.807) is 5.56 Å². The van der Waals surface area contributed by atoms with Gasteiger partial charge in [-0.05, 0) is 61.6 Å². The molecule has 2 heteroatoms. The summed E-state index contributed by atoms with van der Waals surface area (Å²) in [7, 11) is 0. The topological polar surface area (TPSA) is 26.0 Å². The first-order valence-electron chi connectivity index (χ1n) is 7.71. The van der Waals surface area contributed by atoms with Crippen LogP contribution in [-0.2, 0) is 6.42 Å². The smallest absolute Gasteiger partial charge is 0.0138 e. The standard InChI is InChI=1S/C17H25NS/c1-12-6-7-14(11-18)15(8-12)10-16-9-13-4-2-3-5-17(13)19-16/h2-5,12,14-16H,6-11,18H2,1H3. The van der Waals surface area contributed by atoms with E-state index in [-0.39, 0.29) is 0 Å². The molecule has 2 aliphatic rings. The molecule has 1 nitrogen and oxygen atoms in total. The summed E-state index contributed by atoms with van der Waals surface area (Å²) in [5.41, 5.74) is 7.55. The highest BCUT2D eigenvalue weighted by Crippen LogP contribution is 2.43. The van der Waals surface area contributed by atoms with Gasteiger partial charge in [0.05, 0.1) is 0 Å². The lowest BCUT2D eigenvalue weighted by Gasteiger charge is -2.35. The first-order valence-corrected chi connectivity index (χ1v) is 8.59. The second-order valence-corrected chi connectivity index (χ2v) is 7.80. The van der Waals surface area contributed by atoms with E-state index in [1.165, 1.54) is 37.0 Å². The Kier molecular flexibility index (Phi) is 4.18. The van der Waals surface area contributed by atoms with Gasteiger partial charge in [-0.2, -0.15) is 0 Å². The second kappa shape index (κ2) is 5.88. The SMILES string of the molecule is CC1CCC(CN)C(CC2Cc3ccccc3S2)C1.